The second kappa shape index (κ2) is 11.0. The van der Waals surface area contributed by atoms with Gasteiger partial charge in [0.15, 0.2) is 11.0 Å². The van der Waals surface area contributed by atoms with Crippen molar-refractivity contribution < 1.29 is 14.8 Å². The molecular formula is C24H19ClN6O4S. The maximum atomic E-state index is 12.3. The highest BCUT2D eigenvalue weighted by Gasteiger charge is 2.17. The van der Waals surface area contributed by atoms with Crippen LogP contribution in [-0.4, -0.2) is 36.9 Å². The van der Waals surface area contributed by atoms with Crippen LogP contribution in [0.5, 0.6) is 5.75 Å². The summed E-state index contributed by atoms with van der Waals surface area (Å²) in [6, 6.07) is 17.6. The maximum Gasteiger partial charge on any atom is 0.275 e. The van der Waals surface area contributed by atoms with Gasteiger partial charge in [0.05, 0.1) is 16.7 Å². The van der Waals surface area contributed by atoms with Gasteiger partial charge in [0, 0.05) is 39.7 Å². The van der Waals surface area contributed by atoms with Gasteiger partial charge in [0.1, 0.15) is 5.75 Å². The average molecular weight is 523 g/mol. The number of rotatable bonds is 8. The molecule has 0 aliphatic rings. The van der Waals surface area contributed by atoms with Crippen LogP contribution in [0.1, 0.15) is 22.8 Å². The van der Waals surface area contributed by atoms with Crippen molar-refractivity contribution in [2.75, 3.05) is 0 Å². The number of hydrogen-bond donors (Lipinski definition) is 2. The lowest BCUT2D eigenvalue weighted by atomic mass is 10.2. The number of carbonyl (C=O) groups excluding carboxylic acids is 1. The van der Waals surface area contributed by atoms with Gasteiger partial charge >= 0.3 is 0 Å². The number of non-ortho nitro benzene ring substituents is 1. The summed E-state index contributed by atoms with van der Waals surface area (Å²) in [4.78, 5) is 23.8. The molecule has 12 heteroatoms. The number of hydrazone groups is 1. The average Bonchev–Trinajstić information content (AvgIpc) is 3.27. The highest BCUT2D eigenvalue weighted by molar-refractivity contribution is 7.99. The fourth-order valence-electron chi connectivity index (χ4n) is 3.32. The third-order valence-corrected chi connectivity index (χ3v) is 6.35. The molecule has 4 aromatic rings. The van der Waals surface area contributed by atoms with Crippen LogP contribution < -0.4 is 5.43 Å². The summed E-state index contributed by atoms with van der Waals surface area (Å²) < 4.78 is 1.90. The molecule has 0 radical (unpaired) electrons. The Kier molecular flexibility index (Phi) is 7.62. The number of halogens is 1. The first kappa shape index (κ1) is 24.9. The number of aromatic nitrogens is 3. The third-order valence-electron chi connectivity index (χ3n) is 5.04. The van der Waals surface area contributed by atoms with E-state index in [0.717, 1.165) is 5.56 Å². The van der Waals surface area contributed by atoms with E-state index >= 15 is 0 Å². The molecule has 4 rings (SSSR count). The lowest BCUT2D eigenvalue weighted by molar-refractivity contribution is -0.384. The number of benzene rings is 3. The number of nitrogens with zero attached hydrogens (tertiary/aromatic N) is 5. The number of phenolic OH excluding ortho intramolecular Hbond substituents is 1. The third kappa shape index (κ3) is 5.53. The first-order valence-electron chi connectivity index (χ1n) is 10.6. The van der Waals surface area contributed by atoms with Crippen LogP contribution in [0.4, 0.5) is 5.69 Å². The van der Waals surface area contributed by atoms with Crippen molar-refractivity contribution in [2.24, 2.45) is 5.10 Å². The topological polar surface area (TPSA) is 136 Å². The van der Waals surface area contributed by atoms with E-state index in [4.69, 9.17) is 11.6 Å². The van der Waals surface area contributed by atoms with E-state index in [1.54, 1.807) is 30.3 Å². The Morgan fingerprint density at radius 2 is 2.00 bits per heavy atom. The Balaban J connectivity index is 1.63. The standard InChI is InChI=1S/C24H19ClN6O4S/c1-2-30-22(15-6-5-7-17(25)12-15)27-29-24(30)36-21-11-10-18(31(34)35)13-16(21)14-26-28-23(33)19-8-3-4-9-20(19)32/h3-14,32H,2H2,1H3,(H,28,33). The van der Waals surface area contributed by atoms with Crippen LogP contribution in [0.25, 0.3) is 11.4 Å². The van der Waals surface area contributed by atoms with E-state index in [1.165, 1.54) is 42.2 Å². The van der Waals surface area contributed by atoms with Crippen molar-refractivity contribution in [2.45, 2.75) is 23.5 Å². The predicted molar refractivity (Wildman–Crippen MR) is 137 cm³/mol. The molecule has 2 N–H and O–H groups in total. The molecule has 10 nitrogen and oxygen atoms in total. The van der Waals surface area contributed by atoms with Gasteiger partial charge in [-0.05, 0) is 49.0 Å². The number of phenols is 1. The smallest absolute Gasteiger partial charge is 0.275 e. The molecule has 0 bridgehead atoms. The Hall–Kier alpha value is -4.22. The quantitative estimate of drug-likeness (QED) is 0.185. The largest absolute Gasteiger partial charge is 0.507 e. The molecule has 0 saturated heterocycles. The molecule has 3 aromatic carbocycles. The number of carbonyl (C=O) groups is 1. The molecule has 182 valence electrons. The molecule has 0 aliphatic heterocycles. The zero-order chi connectivity index (χ0) is 25.7. The second-order valence-electron chi connectivity index (χ2n) is 7.36. The van der Waals surface area contributed by atoms with Gasteiger partial charge in [-0.25, -0.2) is 5.43 Å². The number of aromatic hydroxyl groups is 1. The van der Waals surface area contributed by atoms with E-state index in [9.17, 15) is 20.0 Å². The molecule has 0 aliphatic carbocycles. The van der Waals surface area contributed by atoms with Crippen LogP contribution in [0.2, 0.25) is 5.02 Å². The van der Waals surface area contributed by atoms with E-state index in [0.29, 0.717) is 33.0 Å². The summed E-state index contributed by atoms with van der Waals surface area (Å²) in [5, 5.41) is 34.9. The molecule has 36 heavy (non-hydrogen) atoms. The van der Waals surface area contributed by atoms with Gasteiger partial charge < -0.3 is 9.67 Å². The Morgan fingerprint density at radius 1 is 1.19 bits per heavy atom. The minimum atomic E-state index is -0.624. The minimum absolute atomic E-state index is 0.0490. The number of para-hydroxylation sites is 1. The molecule has 1 amide bonds. The highest BCUT2D eigenvalue weighted by Crippen LogP contribution is 2.33. The molecule has 0 saturated carbocycles. The van der Waals surface area contributed by atoms with Crippen molar-refractivity contribution in [1.29, 1.82) is 0 Å². The molecule has 0 unspecified atom stereocenters. The zero-order valence-electron chi connectivity index (χ0n) is 18.8. The van der Waals surface area contributed by atoms with E-state index in [2.05, 4.69) is 20.7 Å². The molecule has 0 atom stereocenters. The summed E-state index contributed by atoms with van der Waals surface area (Å²) in [5.74, 6) is -0.179. The number of hydrogen-bond acceptors (Lipinski definition) is 8. The van der Waals surface area contributed by atoms with Crippen molar-refractivity contribution in [1.82, 2.24) is 20.2 Å². The lowest BCUT2D eigenvalue weighted by Gasteiger charge is -2.09. The van der Waals surface area contributed by atoms with E-state index < -0.39 is 10.8 Å². The number of amides is 1. The summed E-state index contributed by atoms with van der Waals surface area (Å²) in [7, 11) is 0. The van der Waals surface area contributed by atoms with E-state index in [1.807, 2.05) is 23.6 Å². The first-order valence-corrected chi connectivity index (χ1v) is 11.8. The van der Waals surface area contributed by atoms with Crippen molar-refractivity contribution >= 4 is 41.2 Å². The molecule has 0 fully saturated rings. The normalized spacial score (nSPS) is 11.1. The highest BCUT2D eigenvalue weighted by atomic mass is 35.5. The summed E-state index contributed by atoms with van der Waals surface area (Å²) in [5.41, 5.74) is 3.44. The van der Waals surface area contributed by atoms with Crippen LogP contribution in [0.3, 0.4) is 0 Å². The van der Waals surface area contributed by atoms with E-state index in [-0.39, 0.29) is 17.0 Å². The van der Waals surface area contributed by atoms with Crippen molar-refractivity contribution in [3.05, 3.63) is 93.0 Å². The fourth-order valence-corrected chi connectivity index (χ4v) is 4.48. The zero-order valence-corrected chi connectivity index (χ0v) is 20.4. The Bertz CT molecular complexity index is 1470. The summed E-state index contributed by atoms with van der Waals surface area (Å²) in [6.45, 7) is 2.53. The minimum Gasteiger partial charge on any atom is -0.507 e. The number of nitrogens with one attached hydrogen (secondary N) is 1. The second-order valence-corrected chi connectivity index (χ2v) is 8.80. The summed E-state index contributed by atoms with van der Waals surface area (Å²) >= 11 is 7.38. The monoisotopic (exact) mass is 522 g/mol. The molecular weight excluding hydrogens is 504 g/mol. The predicted octanol–water partition coefficient (Wildman–Crippen LogP) is 5.15. The fraction of sp³-hybridized carbons (Fsp3) is 0.0833. The number of nitro groups is 1. The van der Waals surface area contributed by atoms with Gasteiger partial charge in [-0.3, -0.25) is 14.9 Å². The SMILES string of the molecule is CCn1c(Sc2ccc([N+](=O)[O-])cc2C=NNC(=O)c2ccccc2O)nnc1-c1cccc(Cl)c1. The maximum absolute atomic E-state index is 12.3. The van der Waals surface area contributed by atoms with Crippen molar-refractivity contribution in [3.8, 4) is 17.1 Å². The van der Waals surface area contributed by atoms with Crippen LogP contribution in [-0.2, 0) is 6.54 Å². The number of nitro benzene ring substituents is 1. The van der Waals surface area contributed by atoms with Gasteiger partial charge in [-0.1, -0.05) is 35.9 Å². The molecule has 1 aromatic heterocycles. The molecule has 0 spiro atoms. The Morgan fingerprint density at radius 3 is 2.72 bits per heavy atom. The van der Waals surface area contributed by atoms with Crippen LogP contribution >= 0.6 is 23.4 Å². The van der Waals surface area contributed by atoms with Crippen LogP contribution in [0, 0.1) is 10.1 Å². The van der Waals surface area contributed by atoms with Gasteiger partial charge in [-0.15, -0.1) is 10.2 Å². The molecule has 1 heterocycles. The van der Waals surface area contributed by atoms with Gasteiger partial charge in [-0.2, -0.15) is 5.10 Å². The van der Waals surface area contributed by atoms with Crippen molar-refractivity contribution in [3.63, 3.8) is 0 Å². The van der Waals surface area contributed by atoms with Gasteiger partial charge in [0.25, 0.3) is 11.6 Å². The van der Waals surface area contributed by atoms with Crippen LogP contribution in [0.15, 0.2) is 81.9 Å². The van der Waals surface area contributed by atoms with Gasteiger partial charge in [0.2, 0.25) is 0 Å². The first-order chi connectivity index (χ1) is 17.4. The lowest BCUT2D eigenvalue weighted by Crippen LogP contribution is -2.17. The summed E-state index contributed by atoms with van der Waals surface area (Å²) in [6.07, 6.45) is 1.30. The Labute approximate surface area is 214 Å².